The minimum atomic E-state index is -3.47. The summed E-state index contributed by atoms with van der Waals surface area (Å²) in [6, 6.07) is 10.9. The lowest BCUT2D eigenvalue weighted by atomic mass is 10.2. The second kappa shape index (κ2) is 9.07. The van der Waals surface area contributed by atoms with E-state index in [0.717, 1.165) is 4.31 Å². The number of methoxy groups -OCH3 is 1. The van der Waals surface area contributed by atoms with E-state index < -0.39 is 10.0 Å². The molecule has 0 heterocycles. The molecule has 0 spiro atoms. The van der Waals surface area contributed by atoms with Crippen molar-refractivity contribution in [2.24, 2.45) is 0 Å². The van der Waals surface area contributed by atoms with E-state index in [0.29, 0.717) is 22.1 Å². The zero-order valence-electron chi connectivity index (χ0n) is 15.2. The molecule has 0 aliphatic carbocycles. The molecule has 2 rings (SSSR count). The van der Waals surface area contributed by atoms with Crippen LogP contribution >= 0.6 is 11.6 Å². The first-order valence-electron chi connectivity index (χ1n) is 8.03. The van der Waals surface area contributed by atoms with E-state index in [1.165, 1.54) is 39.4 Å². The molecule has 7 nitrogen and oxygen atoms in total. The quantitative estimate of drug-likeness (QED) is 0.673. The van der Waals surface area contributed by atoms with Gasteiger partial charge in [-0.1, -0.05) is 11.6 Å². The van der Waals surface area contributed by atoms with Gasteiger partial charge in [-0.05, 0) is 42.5 Å². The SMILES string of the molecule is COc1ccc(C(=O)NCCOc2ccc(S(=O)(=O)N(C)C)cc2)cc1Cl. The molecule has 0 aliphatic rings. The summed E-state index contributed by atoms with van der Waals surface area (Å²) in [5.41, 5.74) is 0.416. The van der Waals surface area contributed by atoms with E-state index in [9.17, 15) is 13.2 Å². The van der Waals surface area contributed by atoms with Crippen LogP contribution in [0.25, 0.3) is 0 Å². The lowest BCUT2D eigenvalue weighted by Crippen LogP contribution is -2.28. The van der Waals surface area contributed by atoms with Gasteiger partial charge in [0.1, 0.15) is 18.1 Å². The molecule has 0 atom stereocenters. The summed E-state index contributed by atoms with van der Waals surface area (Å²) < 4.78 is 35.7. The van der Waals surface area contributed by atoms with Crippen LogP contribution < -0.4 is 14.8 Å². The molecule has 2 aromatic carbocycles. The molecule has 0 saturated carbocycles. The van der Waals surface area contributed by atoms with Gasteiger partial charge in [0.2, 0.25) is 10.0 Å². The number of nitrogens with zero attached hydrogens (tertiary/aromatic N) is 1. The summed E-state index contributed by atoms with van der Waals surface area (Å²) in [4.78, 5) is 12.3. The third kappa shape index (κ3) is 5.35. The standard InChI is InChI=1S/C18H21ClN2O5S/c1-21(2)27(23,24)15-7-5-14(6-8-15)26-11-10-20-18(22)13-4-9-17(25-3)16(19)12-13/h4-9,12H,10-11H2,1-3H3,(H,20,22). The maximum absolute atomic E-state index is 12.1. The zero-order valence-corrected chi connectivity index (χ0v) is 16.8. The first kappa shape index (κ1) is 21.0. The lowest BCUT2D eigenvalue weighted by molar-refractivity contribution is 0.0947. The van der Waals surface area contributed by atoms with Crippen molar-refractivity contribution in [3.8, 4) is 11.5 Å². The highest BCUT2D eigenvalue weighted by atomic mass is 35.5. The maximum atomic E-state index is 12.1. The Hall–Kier alpha value is -2.29. The van der Waals surface area contributed by atoms with Crippen molar-refractivity contribution in [3.63, 3.8) is 0 Å². The van der Waals surface area contributed by atoms with Crippen LogP contribution in [0.5, 0.6) is 11.5 Å². The van der Waals surface area contributed by atoms with Crippen LogP contribution in [0.3, 0.4) is 0 Å². The van der Waals surface area contributed by atoms with Gasteiger partial charge in [-0.25, -0.2) is 12.7 Å². The number of rotatable bonds is 8. The van der Waals surface area contributed by atoms with Crippen molar-refractivity contribution in [1.29, 1.82) is 0 Å². The van der Waals surface area contributed by atoms with Gasteiger partial charge >= 0.3 is 0 Å². The van der Waals surface area contributed by atoms with Crippen molar-refractivity contribution in [1.82, 2.24) is 9.62 Å². The lowest BCUT2D eigenvalue weighted by Gasteiger charge is -2.12. The Morgan fingerprint density at radius 3 is 2.37 bits per heavy atom. The molecule has 2 aromatic rings. The minimum Gasteiger partial charge on any atom is -0.495 e. The molecule has 0 unspecified atom stereocenters. The number of carbonyl (C=O) groups is 1. The first-order chi connectivity index (χ1) is 12.8. The van der Waals surface area contributed by atoms with Gasteiger partial charge in [0.15, 0.2) is 0 Å². The molecular formula is C18H21ClN2O5S. The Morgan fingerprint density at radius 2 is 1.81 bits per heavy atom. The summed E-state index contributed by atoms with van der Waals surface area (Å²) >= 11 is 6.00. The van der Waals surface area contributed by atoms with Crippen molar-refractivity contribution in [3.05, 3.63) is 53.1 Å². The first-order valence-corrected chi connectivity index (χ1v) is 9.84. The second-order valence-corrected chi connectivity index (χ2v) is 8.27. The minimum absolute atomic E-state index is 0.185. The summed E-state index contributed by atoms with van der Waals surface area (Å²) in [5, 5.41) is 3.07. The van der Waals surface area contributed by atoms with E-state index in [-0.39, 0.29) is 24.0 Å². The van der Waals surface area contributed by atoms with Crippen molar-refractivity contribution >= 4 is 27.5 Å². The highest BCUT2D eigenvalue weighted by Gasteiger charge is 2.16. The molecule has 0 aromatic heterocycles. The van der Waals surface area contributed by atoms with Crippen LogP contribution in [0, 0.1) is 0 Å². The number of ether oxygens (including phenoxy) is 2. The number of hydrogen-bond donors (Lipinski definition) is 1. The monoisotopic (exact) mass is 412 g/mol. The number of sulfonamides is 1. The predicted molar refractivity (Wildman–Crippen MR) is 103 cm³/mol. The third-order valence-electron chi connectivity index (χ3n) is 3.67. The highest BCUT2D eigenvalue weighted by molar-refractivity contribution is 7.89. The fourth-order valence-electron chi connectivity index (χ4n) is 2.16. The number of carbonyl (C=O) groups excluding carboxylic acids is 1. The molecule has 27 heavy (non-hydrogen) atoms. The average Bonchev–Trinajstić information content (AvgIpc) is 2.65. The van der Waals surface area contributed by atoms with Crippen molar-refractivity contribution in [2.45, 2.75) is 4.90 Å². The van der Waals surface area contributed by atoms with Crippen LogP contribution in [0.15, 0.2) is 47.4 Å². The van der Waals surface area contributed by atoms with Crippen LogP contribution in [0.1, 0.15) is 10.4 Å². The largest absolute Gasteiger partial charge is 0.495 e. The molecule has 9 heteroatoms. The van der Waals surface area contributed by atoms with Gasteiger partial charge in [0.25, 0.3) is 5.91 Å². The maximum Gasteiger partial charge on any atom is 0.251 e. The van der Waals surface area contributed by atoms with Gasteiger partial charge in [-0.15, -0.1) is 0 Å². The topological polar surface area (TPSA) is 84.9 Å². The zero-order chi connectivity index (χ0) is 20.0. The summed E-state index contributed by atoms with van der Waals surface area (Å²) in [6.07, 6.45) is 0. The Morgan fingerprint density at radius 1 is 1.15 bits per heavy atom. The van der Waals surface area contributed by atoms with E-state index in [1.54, 1.807) is 24.3 Å². The Bertz CT molecular complexity index is 898. The summed E-state index contributed by atoms with van der Waals surface area (Å²) in [6.45, 7) is 0.510. The van der Waals surface area contributed by atoms with Crippen molar-refractivity contribution < 1.29 is 22.7 Å². The van der Waals surface area contributed by atoms with Crippen LogP contribution in [-0.2, 0) is 10.0 Å². The van der Waals surface area contributed by atoms with E-state index in [1.807, 2.05) is 0 Å². The van der Waals surface area contributed by atoms with E-state index in [2.05, 4.69) is 5.32 Å². The summed E-state index contributed by atoms with van der Waals surface area (Å²) in [5.74, 6) is 0.723. The number of amides is 1. The highest BCUT2D eigenvalue weighted by Crippen LogP contribution is 2.24. The van der Waals surface area contributed by atoms with Gasteiger partial charge in [-0.2, -0.15) is 0 Å². The van der Waals surface area contributed by atoms with Crippen LogP contribution in [-0.4, -0.2) is 53.0 Å². The number of hydrogen-bond acceptors (Lipinski definition) is 5. The van der Waals surface area contributed by atoms with Crippen LogP contribution in [0.4, 0.5) is 0 Å². The molecule has 1 N–H and O–H groups in total. The second-order valence-electron chi connectivity index (χ2n) is 5.71. The van der Waals surface area contributed by atoms with E-state index >= 15 is 0 Å². The molecule has 0 fully saturated rings. The Kier molecular flexibility index (Phi) is 7.06. The van der Waals surface area contributed by atoms with Crippen LogP contribution in [0.2, 0.25) is 5.02 Å². The molecule has 1 amide bonds. The van der Waals surface area contributed by atoms with Gasteiger partial charge in [0, 0.05) is 19.7 Å². The Labute approximate surface area is 163 Å². The molecule has 0 bridgehead atoms. The molecular weight excluding hydrogens is 392 g/mol. The smallest absolute Gasteiger partial charge is 0.251 e. The molecule has 0 aliphatic heterocycles. The van der Waals surface area contributed by atoms with Gasteiger partial charge in [0.05, 0.1) is 23.6 Å². The van der Waals surface area contributed by atoms with Gasteiger partial charge in [-0.3, -0.25) is 4.79 Å². The number of nitrogens with one attached hydrogen (secondary N) is 1. The number of halogens is 1. The predicted octanol–water partition coefficient (Wildman–Crippen LogP) is 2.41. The fraction of sp³-hybridized carbons (Fsp3) is 0.278. The van der Waals surface area contributed by atoms with Crippen molar-refractivity contribution in [2.75, 3.05) is 34.4 Å². The average molecular weight is 413 g/mol. The molecule has 0 radical (unpaired) electrons. The third-order valence-corrected chi connectivity index (χ3v) is 5.80. The number of benzene rings is 2. The normalized spacial score (nSPS) is 11.3. The summed E-state index contributed by atoms with van der Waals surface area (Å²) in [7, 11) is 0.974. The van der Waals surface area contributed by atoms with E-state index in [4.69, 9.17) is 21.1 Å². The fourth-order valence-corrected chi connectivity index (χ4v) is 3.32. The van der Waals surface area contributed by atoms with Gasteiger partial charge < -0.3 is 14.8 Å². The Balaban J connectivity index is 1.84. The molecule has 0 saturated heterocycles. The molecule has 146 valence electrons.